The summed E-state index contributed by atoms with van der Waals surface area (Å²) in [6.45, 7) is -0.177. The molecule has 0 saturated carbocycles. The van der Waals surface area contributed by atoms with E-state index in [9.17, 15) is 19.7 Å². The van der Waals surface area contributed by atoms with Crippen molar-refractivity contribution in [2.24, 2.45) is 11.5 Å². The van der Waals surface area contributed by atoms with E-state index in [2.05, 4.69) is 10.6 Å². The lowest BCUT2D eigenvalue weighted by Gasteiger charge is -2.12. The van der Waals surface area contributed by atoms with Crippen molar-refractivity contribution >= 4 is 23.3 Å². The number of hydrogen-bond donors (Lipinski definition) is 5. The summed E-state index contributed by atoms with van der Waals surface area (Å²) in [5.74, 6) is -0.505. The van der Waals surface area contributed by atoms with E-state index in [-0.39, 0.29) is 16.9 Å². The molecule has 0 aromatic heterocycles. The van der Waals surface area contributed by atoms with Crippen molar-refractivity contribution in [3.8, 4) is 0 Å². The van der Waals surface area contributed by atoms with Crippen molar-refractivity contribution < 1.29 is 19.6 Å². The predicted octanol–water partition coefficient (Wildman–Crippen LogP) is -0.199. The number of nitro benzene ring substituents is 1. The van der Waals surface area contributed by atoms with E-state index in [1.165, 1.54) is 12.1 Å². The number of nitrogens with one attached hydrogen (secondary N) is 2. The number of carbonyl (C=O) groups excluding carboxylic acids is 2. The Morgan fingerprint density at radius 2 is 2.09 bits per heavy atom. The molecule has 0 saturated heterocycles. The molecule has 1 atom stereocenters. The fourth-order valence-electron chi connectivity index (χ4n) is 1.84. The maximum absolute atomic E-state index is 11.9. The van der Waals surface area contributed by atoms with Crippen LogP contribution in [0.5, 0.6) is 0 Å². The van der Waals surface area contributed by atoms with Crippen molar-refractivity contribution in [1.82, 2.24) is 5.32 Å². The van der Waals surface area contributed by atoms with Gasteiger partial charge in [0.2, 0.25) is 5.91 Å². The summed E-state index contributed by atoms with van der Waals surface area (Å²) in [7, 11) is 0. The van der Waals surface area contributed by atoms with E-state index < -0.39 is 29.5 Å². The zero-order valence-electron chi connectivity index (χ0n) is 12.3. The number of carbonyl (C=O) groups is 2. The molecular weight excluding hydrogens is 306 g/mol. The topological polar surface area (TPSA) is 174 Å². The van der Waals surface area contributed by atoms with Gasteiger partial charge >= 0.3 is 6.03 Å². The Morgan fingerprint density at radius 3 is 2.65 bits per heavy atom. The molecule has 0 bridgehead atoms. The number of rotatable bonds is 8. The van der Waals surface area contributed by atoms with Gasteiger partial charge in [-0.15, -0.1) is 0 Å². The average Bonchev–Trinajstić information content (AvgIpc) is 2.50. The number of nitrogens with zero attached hydrogens (tertiary/aromatic N) is 1. The number of hydrogen-bond acceptors (Lipinski definition) is 6. The predicted molar refractivity (Wildman–Crippen MR) is 82.4 cm³/mol. The maximum atomic E-state index is 11.9. The highest BCUT2D eigenvalue weighted by Crippen LogP contribution is 2.23. The summed E-state index contributed by atoms with van der Waals surface area (Å²) in [5, 5.41) is 24.8. The first-order chi connectivity index (χ1) is 10.8. The second kappa shape index (κ2) is 8.66. The standard InChI is InChI=1S/C13H19N5O5/c14-10(2-1-5-16-13(15)21)12(20)17-9-4-3-8(7-19)11(6-9)18(22)23/h3-4,6,10,19H,1-2,5,7,14H2,(H,17,20)(H3,15,16,21)/t10-/m0/s1. The lowest BCUT2D eigenvalue weighted by atomic mass is 10.1. The fraction of sp³-hybridized carbons (Fsp3) is 0.385. The molecule has 1 aromatic carbocycles. The van der Waals surface area contributed by atoms with Crippen LogP contribution in [0, 0.1) is 10.1 Å². The Hall–Kier alpha value is -2.72. The smallest absolute Gasteiger partial charge is 0.312 e. The Balaban J connectivity index is 2.61. The summed E-state index contributed by atoms with van der Waals surface area (Å²) >= 11 is 0. The van der Waals surface area contributed by atoms with E-state index in [1.54, 1.807) is 0 Å². The molecule has 0 aliphatic heterocycles. The van der Waals surface area contributed by atoms with E-state index in [0.29, 0.717) is 19.4 Å². The van der Waals surface area contributed by atoms with Gasteiger partial charge in [-0.3, -0.25) is 14.9 Å². The molecule has 1 rings (SSSR count). The van der Waals surface area contributed by atoms with E-state index >= 15 is 0 Å². The Kier molecular flexibility index (Phi) is 6.90. The van der Waals surface area contributed by atoms with Gasteiger partial charge in [0.15, 0.2) is 0 Å². The number of benzene rings is 1. The van der Waals surface area contributed by atoms with Crippen LogP contribution in [-0.2, 0) is 11.4 Å². The quantitative estimate of drug-likeness (QED) is 0.251. The number of amides is 3. The van der Waals surface area contributed by atoms with Crippen molar-refractivity contribution in [2.45, 2.75) is 25.5 Å². The summed E-state index contributed by atoms with van der Waals surface area (Å²) in [6.07, 6.45) is 0.768. The van der Waals surface area contributed by atoms with Crippen LogP contribution in [0.4, 0.5) is 16.2 Å². The molecule has 3 amide bonds. The Labute approximate surface area is 132 Å². The van der Waals surface area contributed by atoms with Gasteiger partial charge < -0.3 is 27.2 Å². The summed E-state index contributed by atoms with van der Waals surface area (Å²) < 4.78 is 0. The molecule has 0 spiro atoms. The molecule has 1 aromatic rings. The van der Waals surface area contributed by atoms with Gasteiger partial charge in [-0.05, 0) is 25.0 Å². The molecule has 126 valence electrons. The largest absolute Gasteiger partial charge is 0.391 e. The molecule has 10 heteroatoms. The van der Waals surface area contributed by atoms with Gasteiger partial charge in [-0.2, -0.15) is 0 Å². The number of primary amides is 1. The van der Waals surface area contributed by atoms with Crippen molar-refractivity contribution in [1.29, 1.82) is 0 Å². The zero-order valence-corrected chi connectivity index (χ0v) is 12.3. The summed E-state index contributed by atoms with van der Waals surface area (Å²) in [4.78, 5) is 32.6. The number of urea groups is 1. The van der Waals surface area contributed by atoms with Crippen LogP contribution in [0.3, 0.4) is 0 Å². The summed E-state index contributed by atoms with van der Waals surface area (Å²) in [5.41, 5.74) is 10.7. The number of aliphatic hydroxyl groups is 1. The highest BCUT2D eigenvalue weighted by atomic mass is 16.6. The van der Waals surface area contributed by atoms with Gasteiger partial charge in [0.05, 0.1) is 23.1 Å². The van der Waals surface area contributed by atoms with Crippen LogP contribution in [0.2, 0.25) is 0 Å². The van der Waals surface area contributed by atoms with Gasteiger partial charge in [-0.25, -0.2) is 4.79 Å². The van der Waals surface area contributed by atoms with E-state index in [1.807, 2.05) is 0 Å². The van der Waals surface area contributed by atoms with Crippen molar-refractivity contribution in [3.63, 3.8) is 0 Å². The van der Waals surface area contributed by atoms with Gasteiger partial charge in [0, 0.05) is 18.3 Å². The monoisotopic (exact) mass is 325 g/mol. The van der Waals surface area contributed by atoms with Gasteiger partial charge in [-0.1, -0.05) is 0 Å². The van der Waals surface area contributed by atoms with Crippen LogP contribution in [0.1, 0.15) is 18.4 Å². The number of nitro groups is 1. The maximum Gasteiger partial charge on any atom is 0.312 e. The first-order valence-corrected chi connectivity index (χ1v) is 6.83. The second-order valence-corrected chi connectivity index (χ2v) is 4.79. The highest BCUT2D eigenvalue weighted by Gasteiger charge is 2.17. The fourth-order valence-corrected chi connectivity index (χ4v) is 1.84. The van der Waals surface area contributed by atoms with Gasteiger partial charge in [0.25, 0.3) is 5.69 Å². The third kappa shape index (κ3) is 5.88. The molecule has 0 aliphatic rings. The molecule has 0 heterocycles. The Morgan fingerprint density at radius 1 is 1.39 bits per heavy atom. The van der Waals surface area contributed by atoms with Crippen LogP contribution in [0.25, 0.3) is 0 Å². The molecule has 0 unspecified atom stereocenters. The molecule has 0 aliphatic carbocycles. The molecule has 10 nitrogen and oxygen atoms in total. The van der Waals surface area contributed by atoms with Crippen LogP contribution in [0.15, 0.2) is 18.2 Å². The minimum atomic E-state index is -0.832. The highest BCUT2D eigenvalue weighted by molar-refractivity contribution is 5.95. The zero-order chi connectivity index (χ0) is 17.4. The minimum Gasteiger partial charge on any atom is -0.391 e. The van der Waals surface area contributed by atoms with Crippen molar-refractivity contribution in [2.75, 3.05) is 11.9 Å². The third-order valence-corrected chi connectivity index (χ3v) is 3.05. The van der Waals surface area contributed by atoms with Crippen molar-refractivity contribution in [3.05, 3.63) is 33.9 Å². The van der Waals surface area contributed by atoms with Gasteiger partial charge in [0.1, 0.15) is 0 Å². The first-order valence-electron chi connectivity index (χ1n) is 6.83. The van der Waals surface area contributed by atoms with E-state index in [4.69, 9.17) is 16.6 Å². The van der Waals surface area contributed by atoms with E-state index in [0.717, 1.165) is 6.07 Å². The number of aliphatic hydroxyl groups excluding tert-OH is 1. The molecular formula is C13H19N5O5. The number of nitrogens with two attached hydrogens (primary N) is 2. The molecule has 0 fully saturated rings. The van der Waals surface area contributed by atoms with Crippen LogP contribution >= 0.6 is 0 Å². The molecule has 0 radical (unpaired) electrons. The molecule has 23 heavy (non-hydrogen) atoms. The SMILES string of the molecule is NC(=O)NCCC[C@H](N)C(=O)Nc1ccc(CO)c([N+](=O)[O-])c1. The second-order valence-electron chi connectivity index (χ2n) is 4.79. The van der Waals surface area contributed by atoms with Crippen LogP contribution in [-0.4, -0.2) is 34.6 Å². The minimum absolute atomic E-state index is 0.148. The van der Waals surface area contributed by atoms with Crippen LogP contribution < -0.4 is 22.1 Å². The third-order valence-electron chi connectivity index (χ3n) is 3.05. The Bertz CT molecular complexity index is 592. The lowest BCUT2D eigenvalue weighted by molar-refractivity contribution is -0.385. The average molecular weight is 325 g/mol. The molecule has 7 N–H and O–H groups in total. The first kappa shape index (κ1) is 18.3. The summed E-state index contributed by atoms with van der Waals surface area (Å²) in [6, 6.07) is 2.47. The number of anilines is 1. The normalized spacial score (nSPS) is 11.6. The lowest BCUT2D eigenvalue weighted by Crippen LogP contribution is -2.37.